The van der Waals surface area contributed by atoms with Crippen LogP contribution < -0.4 is 15.4 Å². The number of aromatic nitrogens is 2. The fourth-order valence-electron chi connectivity index (χ4n) is 4.77. The van der Waals surface area contributed by atoms with Crippen LogP contribution >= 0.6 is 11.3 Å². The molecule has 3 aromatic carbocycles. The molecule has 11 heteroatoms. The highest BCUT2D eigenvalue weighted by Crippen LogP contribution is 2.30. The van der Waals surface area contributed by atoms with E-state index in [2.05, 4.69) is 41.4 Å². The number of thiophene rings is 1. The quantitative estimate of drug-likeness (QED) is 0.140. The Morgan fingerprint density at radius 3 is 2.19 bits per heavy atom. The van der Waals surface area contributed by atoms with Gasteiger partial charge in [-0.2, -0.15) is 0 Å². The Hall–Kier alpha value is -5.42. The predicted molar refractivity (Wildman–Crippen MR) is 182 cm³/mol. The molecule has 0 spiro atoms. The highest BCUT2D eigenvalue weighted by atomic mass is 32.1. The van der Waals surface area contributed by atoms with E-state index in [-0.39, 0.29) is 24.2 Å². The molecule has 0 aliphatic heterocycles. The number of hydrogen-bond donors (Lipinski definition) is 3. The van der Waals surface area contributed by atoms with Gasteiger partial charge in [0, 0.05) is 34.8 Å². The number of amides is 2. The van der Waals surface area contributed by atoms with Gasteiger partial charge < -0.3 is 20.5 Å². The molecule has 2 heterocycles. The molecule has 0 radical (unpaired) electrons. The third-order valence-electron chi connectivity index (χ3n) is 7.41. The molecule has 0 saturated carbocycles. The van der Waals surface area contributed by atoms with Gasteiger partial charge in [0.15, 0.2) is 17.4 Å². The maximum atomic E-state index is 14.8. The van der Waals surface area contributed by atoms with E-state index in [1.165, 1.54) is 17.4 Å². The normalized spacial score (nSPS) is 11.8. The molecule has 246 valence electrons. The standard InChI is InChI=1S/C37H35FN4O5S/c1-37(2,3)32-16-15-31(48-32)36(46)42-29(35(45)41-21-33(43)44)17-23-9-11-25(12-10-23)34-39-19-27(20-40-34)26-13-14-30(28(38)18-26)47-22-24-7-5-4-6-8-24/h4-16,18-20,29H,17,21-22H2,1-3H3,(H,41,45)(H,42,46)(H,43,44). The van der Waals surface area contributed by atoms with Crippen molar-refractivity contribution in [3.63, 3.8) is 0 Å². The highest BCUT2D eigenvalue weighted by molar-refractivity contribution is 7.14. The SMILES string of the molecule is CC(C)(C)c1ccc(C(=O)NC(Cc2ccc(-c3ncc(-c4ccc(OCc5ccccc5)c(F)c4)cn3)cc2)C(=O)NCC(=O)O)s1. The number of ether oxygens (including phenoxy) is 1. The first-order chi connectivity index (χ1) is 23.0. The number of carboxylic acid groups (broad SMARTS) is 1. The fraction of sp³-hybridized carbons (Fsp3) is 0.216. The minimum absolute atomic E-state index is 0.130. The summed E-state index contributed by atoms with van der Waals surface area (Å²) in [5, 5.41) is 14.2. The molecule has 5 aromatic rings. The number of nitrogens with zero attached hydrogens (tertiary/aromatic N) is 2. The molecule has 1 atom stereocenters. The predicted octanol–water partition coefficient (Wildman–Crippen LogP) is 6.43. The second-order valence-corrected chi connectivity index (χ2v) is 13.3. The maximum absolute atomic E-state index is 14.8. The number of benzene rings is 3. The average molecular weight is 667 g/mol. The number of aliphatic carboxylic acids is 1. The molecule has 0 bridgehead atoms. The van der Waals surface area contributed by atoms with Gasteiger partial charge in [0.1, 0.15) is 19.2 Å². The summed E-state index contributed by atoms with van der Waals surface area (Å²) >= 11 is 1.35. The summed E-state index contributed by atoms with van der Waals surface area (Å²) in [6, 6.07) is 24.0. The lowest BCUT2D eigenvalue weighted by molar-refractivity contribution is -0.138. The van der Waals surface area contributed by atoms with Crippen molar-refractivity contribution >= 4 is 29.1 Å². The van der Waals surface area contributed by atoms with E-state index < -0.39 is 36.2 Å². The van der Waals surface area contributed by atoms with Crippen molar-refractivity contribution in [2.45, 2.75) is 45.3 Å². The highest BCUT2D eigenvalue weighted by Gasteiger charge is 2.25. The van der Waals surface area contributed by atoms with E-state index in [9.17, 15) is 18.8 Å². The number of rotatable bonds is 12. The number of nitrogens with one attached hydrogen (secondary N) is 2. The van der Waals surface area contributed by atoms with Crippen molar-refractivity contribution in [1.29, 1.82) is 0 Å². The van der Waals surface area contributed by atoms with Crippen LogP contribution in [0.3, 0.4) is 0 Å². The molecule has 2 aromatic heterocycles. The van der Waals surface area contributed by atoms with Gasteiger partial charge in [-0.1, -0.05) is 81.4 Å². The van der Waals surface area contributed by atoms with Crippen LogP contribution in [0.1, 0.15) is 46.4 Å². The van der Waals surface area contributed by atoms with E-state index in [1.807, 2.05) is 36.4 Å². The fourth-order valence-corrected chi connectivity index (χ4v) is 5.74. The van der Waals surface area contributed by atoms with E-state index in [0.29, 0.717) is 27.4 Å². The second kappa shape index (κ2) is 15.0. The Kier molecular flexibility index (Phi) is 10.6. The first kappa shape index (κ1) is 33.9. The van der Waals surface area contributed by atoms with Gasteiger partial charge in [-0.3, -0.25) is 14.4 Å². The van der Waals surface area contributed by atoms with Crippen molar-refractivity contribution in [1.82, 2.24) is 20.6 Å². The molecule has 48 heavy (non-hydrogen) atoms. The maximum Gasteiger partial charge on any atom is 0.322 e. The van der Waals surface area contributed by atoms with Crippen LogP contribution in [-0.2, 0) is 28.0 Å². The van der Waals surface area contributed by atoms with Gasteiger partial charge in [-0.15, -0.1) is 11.3 Å². The van der Waals surface area contributed by atoms with Gasteiger partial charge in [-0.25, -0.2) is 14.4 Å². The number of halogens is 1. The number of carboxylic acids is 1. The first-order valence-electron chi connectivity index (χ1n) is 15.2. The molecule has 0 aliphatic carbocycles. The van der Waals surface area contributed by atoms with Crippen molar-refractivity contribution < 1.29 is 28.6 Å². The Balaban J connectivity index is 1.25. The summed E-state index contributed by atoms with van der Waals surface area (Å²) in [4.78, 5) is 47.5. The van der Waals surface area contributed by atoms with Crippen LogP contribution in [0, 0.1) is 5.82 Å². The Morgan fingerprint density at radius 2 is 1.56 bits per heavy atom. The third kappa shape index (κ3) is 8.89. The number of carbonyl (C=O) groups excluding carboxylic acids is 2. The summed E-state index contributed by atoms with van der Waals surface area (Å²) in [5.41, 5.74) is 3.50. The van der Waals surface area contributed by atoms with Crippen molar-refractivity contribution in [2.75, 3.05) is 6.54 Å². The summed E-state index contributed by atoms with van der Waals surface area (Å²) in [7, 11) is 0. The molecular formula is C37H35FN4O5S. The van der Waals surface area contributed by atoms with E-state index in [1.54, 1.807) is 54.9 Å². The second-order valence-electron chi connectivity index (χ2n) is 12.2. The summed E-state index contributed by atoms with van der Waals surface area (Å²) in [5.74, 6) is -2.09. The molecular weight excluding hydrogens is 631 g/mol. The molecule has 0 fully saturated rings. The Labute approximate surface area is 281 Å². The lowest BCUT2D eigenvalue weighted by Crippen LogP contribution is -2.49. The van der Waals surface area contributed by atoms with Crippen LogP contribution in [0.2, 0.25) is 0 Å². The smallest absolute Gasteiger partial charge is 0.322 e. The average Bonchev–Trinajstić information content (AvgIpc) is 3.59. The minimum Gasteiger partial charge on any atom is -0.486 e. The zero-order valence-corrected chi connectivity index (χ0v) is 27.5. The summed E-state index contributed by atoms with van der Waals surface area (Å²) < 4.78 is 20.4. The molecule has 0 saturated heterocycles. The van der Waals surface area contributed by atoms with Crippen molar-refractivity contribution in [2.24, 2.45) is 0 Å². The largest absolute Gasteiger partial charge is 0.486 e. The number of carbonyl (C=O) groups is 3. The van der Waals surface area contributed by atoms with Gasteiger partial charge in [0.2, 0.25) is 5.91 Å². The van der Waals surface area contributed by atoms with E-state index >= 15 is 0 Å². The third-order valence-corrected chi connectivity index (χ3v) is 8.92. The lowest BCUT2D eigenvalue weighted by Gasteiger charge is -2.18. The van der Waals surface area contributed by atoms with Gasteiger partial charge >= 0.3 is 5.97 Å². The van der Waals surface area contributed by atoms with E-state index in [4.69, 9.17) is 9.84 Å². The van der Waals surface area contributed by atoms with Gasteiger partial charge in [0.25, 0.3) is 5.91 Å². The summed E-state index contributed by atoms with van der Waals surface area (Å²) in [6.45, 7) is 5.85. The monoisotopic (exact) mass is 666 g/mol. The van der Waals surface area contributed by atoms with Crippen molar-refractivity contribution in [3.05, 3.63) is 124 Å². The zero-order chi connectivity index (χ0) is 34.3. The van der Waals surface area contributed by atoms with Crippen LogP contribution in [0.15, 0.2) is 97.3 Å². The van der Waals surface area contributed by atoms with Crippen LogP contribution in [0.25, 0.3) is 22.5 Å². The van der Waals surface area contributed by atoms with Gasteiger partial charge in [-0.05, 0) is 46.4 Å². The zero-order valence-electron chi connectivity index (χ0n) is 26.7. The topological polar surface area (TPSA) is 131 Å². The van der Waals surface area contributed by atoms with Gasteiger partial charge in [0.05, 0.1) is 4.88 Å². The van der Waals surface area contributed by atoms with Crippen LogP contribution in [0.5, 0.6) is 5.75 Å². The van der Waals surface area contributed by atoms with Crippen LogP contribution in [-0.4, -0.2) is 45.4 Å². The van der Waals surface area contributed by atoms with Crippen LogP contribution in [0.4, 0.5) is 4.39 Å². The molecule has 9 nitrogen and oxygen atoms in total. The molecule has 2 amide bonds. The molecule has 1 unspecified atom stereocenters. The molecule has 3 N–H and O–H groups in total. The Morgan fingerprint density at radius 1 is 0.875 bits per heavy atom. The Bertz CT molecular complexity index is 1890. The molecule has 5 rings (SSSR count). The lowest BCUT2D eigenvalue weighted by atomic mass is 9.95. The van der Waals surface area contributed by atoms with Crippen molar-refractivity contribution in [3.8, 4) is 28.3 Å². The molecule has 0 aliphatic rings. The number of hydrogen-bond acceptors (Lipinski definition) is 7. The first-order valence-corrected chi connectivity index (χ1v) is 16.1. The summed E-state index contributed by atoms with van der Waals surface area (Å²) in [6.07, 6.45) is 3.36. The minimum atomic E-state index is -1.19. The van der Waals surface area contributed by atoms with E-state index in [0.717, 1.165) is 16.0 Å².